The van der Waals surface area contributed by atoms with Gasteiger partial charge in [0.25, 0.3) is 0 Å². The van der Waals surface area contributed by atoms with Gasteiger partial charge in [-0.15, -0.1) is 0 Å². The summed E-state index contributed by atoms with van der Waals surface area (Å²) in [5.74, 6) is 0. The third-order valence-electron chi connectivity index (χ3n) is 4.34. The quantitative estimate of drug-likeness (QED) is 0.689. The normalized spacial score (nSPS) is 11.6. The lowest BCUT2D eigenvalue weighted by Gasteiger charge is -2.22. The molecule has 22 heavy (non-hydrogen) atoms. The predicted octanol–water partition coefficient (Wildman–Crippen LogP) is 4.20. The van der Waals surface area contributed by atoms with Crippen LogP contribution in [-0.2, 0) is 6.54 Å². The molecule has 0 amide bonds. The van der Waals surface area contributed by atoms with Gasteiger partial charge in [0.2, 0.25) is 0 Å². The molecular formula is C20H23NO. The van der Waals surface area contributed by atoms with E-state index in [1.54, 1.807) is 0 Å². The number of hydrogen-bond donors (Lipinski definition) is 1. The molecular weight excluding hydrogens is 270 g/mol. The fourth-order valence-electron chi connectivity index (χ4n) is 3.15. The second kappa shape index (κ2) is 6.91. The molecule has 0 heterocycles. The second-order valence-electron chi connectivity index (χ2n) is 5.74. The molecule has 0 aliphatic carbocycles. The van der Waals surface area contributed by atoms with Crippen molar-refractivity contribution in [3.8, 4) is 0 Å². The predicted molar refractivity (Wildman–Crippen MR) is 94.1 cm³/mol. The van der Waals surface area contributed by atoms with E-state index < -0.39 is 0 Å². The van der Waals surface area contributed by atoms with Gasteiger partial charge in [0, 0.05) is 19.7 Å². The van der Waals surface area contributed by atoms with Crippen LogP contribution in [-0.4, -0.2) is 29.7 Å². The van der Waals surface area contributed by atoms with Gasteiger partial charge >= 0.3 is 0 Å². The number of rotatable bonds is 6. The average Bonchev–Trinajstić information content (AvgIpc) is 2.57. The summed E-state index contributed by atoms with van der Waals surface area (Å²) in [6.45, 7) is 5.30. The number of nitrogens with zero attached hydrogens (tertiary/aromatic N) is 1. The summed E-state index contributed by atoms with van der Waals surface area (Å²) < 4.78 is 0. The standard InChI is InChI=1S/C20H23NO/c1-2-21(12-7-13-22)15-20-18-10-5-3-8-16(18)14-17-9-4-6-11-19(17)20/h3-6,8-11,14,22H,2,7,12-13,15H2,1H3. The highest BCUT2D eigenvalue weighted by molar-refractivity contribution is 6.02. The Labute approximate surface area is 132 Å². The van der Waals surface area contributed by atoms with E-state index in [2.05, 4.69) is 66.4 Å². The number of hydrogen-bond acceptors (Lipinski definition) is 2. The van der Waals surface area contributed by atoms with Crippen molar-refractivity contribution in [3.63, 3.8) is 0 Å². The molecule has 2 heteroatoms. The fraction of sp³-hybridized carbons (Fsp3) is 0.300. The highest BCUT2D eigenvalue weighted by Gasteiger charge is 2.10. The highest BCUT2D eigenvalue weighted by Crippen LogP contribution is 2.29. The van der Waals surface area contributed by atoms with E-state index in [1.165, 1.54) is 27.1 Å². The van der Waals surface area contributed by atoms with E-state index >= 15 is 0 Å². The minimum Gasteiger partial charge on any atom is -0.396 e. The van der Waals surface area contributed by atoms with Gasteiger partial charge in [-0.05, 0) is 46.1 Å². The highest BCUT2D eigenvalue weighted by atomic mass is 16.3. The summed E-state index contributed by atoms with van der Waals surface area (Å²) in [6, 6.07) is 19.5. The van der Waals surface area contributed by atoms with Gasteiger partial charge in [0.1, 0.15) is 0 Å². The Morgan fingerprint density at radius 2 is 1.50 bits per heavy atom. The third kappa shape index (κ3) is 2.99. The fourth-order valence-corrected chi connectivity index (χ4v) is 3.15. The van der Waals surface area contributed by atoms with Crippen LogP contribution in [0.25, 0.3) is 21.5 Å². The van der Waals surface area contributed by atoms with Crippen molar-refractivity contribution in [2.45, 2.75) is 19.9 Å². The molecule has 2 nitrogen and oxygen atoms in total. The van der Waals surface area contributed by atoms with Crippen LogP contribution in [0.4, 0.5) is 0 Å². The van der Waals surface area contributed by atoms with Crippen LogP contribution in [0, 0.1) is 0 Å². The summed E-state index contributed by atoms with van der Waals surface area (Å²) in [5.41, 5.74) is 1.40. The number of aliphatic hydroxyl groups excluding tert-OH is 1. The Kier molecular flexibility index (Phi) is 4.71. The zero-order valence-electron chi connectivity index (χ0n) is 13.1. The van der Waals surface area contributed by atoms with Crippen molar-refractivity contribution in [1.82, 2.24) is 4.90 Å². The van der Waals surface area contributed by atoms with Crippen molar-refractivity contribution in [2.75, 3.05) is 19.7 Å². The SMILES string of the molecule is CCN(CCCO)Cc1c2ccccc2cc2ccccc12. The van der Waals surface area contributed by atoms with Crippen LogP contribution in [0.3, 0.4) is 0 Å². The van der Waals surface area contributed by atoms with Crippen molar-refractivity contribution >= 4 is 21.5 Å². The van der Waals surface area contributed by atoms with E-state index in [1.807, 2.05) is 0 Å². The Morgan fingerprint density at radius 3 is 2.05 bits per heavy atom. The molecule has 0 fully saturated rings. The molecule has 3 aromatic rings. The molecule has 0 bridgehead atoms. The largest absolute Gasteiger partial charge is 0.396 e. The first kappa shape index (κ1) is 15.0. The van der Waals surface area contributed by atoms with Crippen LogP contribution < -0.4 is 0 Å². The van der Waals surface area contributed by atoms with Crippen LogP contribution >= 0.6 is 0 Å². The summed E-state index contributed by atoms with van der Waals surface area (Å²) in [7, 11) is 0. The molecule has 0 saturated heterocycles. The molecule has 0 aliphatic heterocycles. The van der Waals surface area contributed by atoms with E-state index in [0.717, 1.165) is 26.1 Å². The maximum Gasteiger partial charge on any atom is 0.0443 e. The molecule has 0 saturated carbocycles. The lowest BCUT2D eigenvalue weighted by Crippen LogP contribution is -2.25. The lowest BCUT2D eigenvalue weighted by atomic mass is 9.96. The zero-order chi connectivity index (χ0) is 15.4. The lowest BCUT2D eigenvalue weighted by molar-refractivity contribution is 0.226. The van der Waals surface area contributed by atoms with E-state index in [4.69, 9.17) is 5.11 Å². The molecule has 0 atom stereocenters. The van der Waals surface area contributed by atoms with Gasteiger partial charge in [-0.1, -0.05) is 55.5 Å². The molecule has 0 radical (unpaired) electrons. The number of aliphatic hydroxyl groups is 1. The van der Waals surface area contributed by atoms with Gasteiger partial charge in [0.15, 0.2) is 0 Å². The van der Waals surface area contributed by atoms with Gasteiger partial charge in [0.05, 0.1) is 0 Å². The van der Waals surface area contributed by atoms with Crippen molar-refractivity contribution in [3.05, 3.63) is 60.2 Å². The van der Waals surface area contributed by atoms with Gasteiger partial charge in [-0.25, -0.2) is 0 Å². The van der Waals surface area contributed by atoms with Crippen LogP contribution in [0.15, 0.2) is 54.6 Å². The first-order valence-electron chi connectivity index (χ1n) is 8.06. The first-order valence-corrected chi connectivity index (χ1v) is 8.06. The van der Waals surface area contributed by atoms with E-state index in [0.29, 0.717) is 0 Å². The summed E-state index contributed by atoms with van der Waals surface area (Å²) in [4.78, 5) is 2.41. The van der Waals surface area contributed by atoms with Gasteiger partial charge < -0.3 is 5.11 Å². The summed E-state index contributed by atoms with van der Waals surface area (Å²) in [6.07, 6.45) is 0.830. The van der Waals surface area contributed by atoms with E-state index in [9.17, 15) is 0 Å². The maximum absolute atomic E-state index is 9.09. The second-order valence-corrected chi connectivity index (χ2v) is 5.74. The number of fused-ring (bicyclic) bond motifs is 2. The van der Waals surface area contributed by atoms with Crippen LogP contribution in [0.5, 0.6) is 0 Å². The Hall–Kier alpha value is -1.90. The molecule has 0 aliphatic rings. The molecule has 0 unspecified atom stereocenters. The Bertz CT molecular complexity index is 712. The van der Waals surface area contributed by atoms with Crippen molar-refractivity contribution < 1.29 is 5.11 Å². The average molecular weight is 293 g/mol. The molecule has 1 N–H and O–H groups in total. The van der Waals surface area contributed by atoms with E-state index in [-0.39, 0.29) is 6.61 Å². The van der Waals surface area contributed by atoms with Gasteiger partial charge in [-0.2, -0.15) is 0 Å². The summed E-state index contributed by atoms with van der Waals surface area (Å²) >= 11 is 0. The van der Waals surface area contributed by atoms with Crippen LogP contribution in [0.1, 0.15) is 18.9 Å². The number of benzene rings is 3. The molecule has 0 aromatic heterocycles. The molecule has 3 aromatic carbocycles. The van der Waals surface area contributed by atoms with Gasteiger partial charge in [-0.3, -0.25) is 4.90 Å². The maximum atomic E-state index is 9.09. The Morgan fingerprint density at radius 1 is 0.909 bits per heavy atom. The Balaban J connectivity index is 2.11. The minimum absolute atomic E-state index is 0.257. The van der Waals surface area contributed by atoms with Crippen molar-refractivity contribution in [2.24, 2.45) is 0 Å². The third-order valence-corrected chi connectivity index (χ3v) is 4.34. The molecule has 3 rings (SSSR count). The molecule has 0 spiro atoms. The van der Waals surface area contributed by atoms with Crippen molar-refractivity contribution in [1.29, 1.82) is 0 Å². The minimum atomic E-state index is 0.257. The monoisotopic (exact) mass is 293 g/mol. The molecule has 114 valence electrons. The summed E-state index contributed by atoms with van der Waals surface area (Å²) in [5, 5.41) is 14.4. The zero-order valence-corrected chi connectivity index (χ0v) is 13.1. The topological polar surface area (TPSA) is 23.5 Å². The first-order chi connectivity index (χ1) is 10.8. The smallest absolute Gasteiger partial charge is 0.0443 e. The van der Waals surface area contributed by atoms with Crippen LogP contribution in [0.2, 0.25) is 0 Å².